The molecule has 1 aromatic rings. The Labute approximate surface area is 161 Å². The van der Waals surface area contributed by atoms with Crippen molar-refractivity contribution in [2.75, 3.05) is 11.5 Å². The second kappa shape index (κ2) is 7.40. The van der Waals surface area contributed by atoms with Gasteiger partial charge in [0.05, 0.1) is 0 Å². The van der Waals surface area contributed by atoms with E-state index in [1.54, 1.807) is 19.1 Å². The zero-order chi connectivity index (χ0) is 19.7. The molecule has 2 atom stereocenters. The SMILES string of the molecule is C/C=C/C1=C(C(=O)O)N2C(=O)[C@@H](NC(=O)/C(=N\O)c3csc(N)n3)[C@H]2SC1. The van der Waals surface area contributed by atoms with Crippen molar-refractivity contribution in [3.8, 4) is 0 Å². The van der Waals surface area contributed by atoms with Crippen LogP contribution in [0.2, 0.25) is 0 Å². The number of thioether (sulfide) groups is 1. The summed E-state index contributed by atoms with van der Waals surface area (Å²) < 4.78 is 0. The molecule has 0 aliphatic carbocycles. The molecule has 1 saturated heterocycles. The van der Waals surface area contributed by atoms with Crippen molar-refractivity contribution in [2.24, 2.45) is 5.16 Å². The summed E-state index contributed by atoms with van der Waals surface area (Å²) in [6.07, 6.45) is 3.35. The molecule has 2 aliphatic heterocycles. The number of fused-ring (bicyclic) bond motifs is 1. The Hall–Kier alpha value is -2.86. The van der Waals surface area contributed by atoms with E-state index in [4.69, 9.17) is 10.9 Å². The van der Waals surface area contributed by atoms with E-state index in [1.807, 2.05) is 0 Å². The molecule has 2 aliphatic rings. The van der Waals surface area contributed by atoms with Crippen LogP contribution < -0.4 is 11.1 Å². The van der Waals surface area contributed by atoms with Gasteiger partial charge in [-0.1, -0.05) is 17.3 Å². The van der Waals surface area contributed by atoms with Crippen molar-refractivity contribution < 1.29 is 24.7 Å². The van der Waals surface area contributed by atoms with E-state index in [0.717, 1.165) is 16.2 Å². The third kappa shape index (κ3) is 3.28. The van der Waals surface area contributed by atoms with Crippen molar-refractivity contribution in [3.63, 3.8) is 0 Å². The van der Waals surface area contributed by atoms with Gasteiger partial charge in [0, 0.05) is 11.1 Å². The van der Waals surface area contributed by atoms with E-state index in [0.29, 0.717) is 11.3 Å². The second-order valence-electron chi connectivity index (χ2n) is 5.56. The number of nitrogen functional groups attached to an aromatic ring is 1. The van der Waals surface area contributed by atoms with Gasteiger partial charge in [-0.05, 0) is 12.5 Å². The smallest absolute Gasteiger partial charge is 0.352 e. The van der Waals surface area contributed by atoms with Crippen LogP contribution in [0.1, 0.15) is 12.6 Å². The number of hydrogen-bond donors (Lipinski definition) is 4. The molecular formula is C15H15N5O5S2. The highest BCUT2D eigenvalue weighted by atomic mass is 32.2. The number of thiazole rings is 1. The van der Waals surface area contributed by atoms with Crippen LogP contribution in [-0.4, -0.2) is 60.9 Å². The number of aromatic nitrogens is 1. The maximum absolute atomic E-state index is 12.5. The first-order valence-electron chi connectivity index (χ1n) is 7.67. The van der Waals surface area contributed by atoms with Gasteiger partial charge in [-0.25, -0.2) is 9.78 Å². The van der Waals surface area contributed by atoms with E-state index in [9.17, 15) is 19.5 Å². The quantitative estimate of drug-likeness (QED) is 0.233. The summed E-state index contributed by atoms with van der Waals surface area (Å²) in [5.74, 6) is -2.17. The molecule has 1 aromatic heterocycles. The molecule has 27 heavy (non-hydrogen) atoms. The van der Waals surface area contributed by atoms with Gasteiger partial charge in [0.25, 0.3) is 11.8 Å². The average molecular weight is 409 g/mol. The Bertz CT molecular complexity index is 906. The molecule has 0 radical (unpaired) electrons. The summed E-state index contributed by atoms with van der Waals surface area (Å²) in [5.41, 5.74) is 5.66. The zero-order valence-electron chi connectivity index (χ0n) is 13.9. The minimum absolute atomic E-state index is 0.0823. The third-order valence-electron chi connectivity index (χ3n) is 3.93. The van der Waals surface area contributed by atoms with Gasteiger partial charge in [-0.3, -0.25) is 14.5 Å². The molecule has 2 amide bonds. The zero-order valence-corrected chi connectivity index (χ0v) is 15.6. The molecule has 12 heteroatoms. The molecule has 3 rings (SSSR count). The maximum atomic E-state index is 12.5. The fourth-order valence-electron chi connectivity index (χ4n) is 2.79. The summed E-state index contributed by atoms with van der Waals surface area (Å²) in [4.78, 5) is 41.5. The normalized spacial score (nSPS) is 22.6. The second-order valence-corrected chi connectivity index (χ2v) is 7.55. The molecule has 3 heterocycles. The fourth-order valence-corrected chi connectivity index (χ4v) is 4.66. The molecule has 10 nitrogen and oxygen atoms in total. The monoisotopic (exact) mass is 409 g/mol. The van der Waals surface area contributed by atoms with Gasteiger partial charge in [-0.2, -0.15) is 0 Å². The van der Waals surface area contributed by atoms with E-state index < -0.39 is 29.2 Å². The molecule has 0 bridgehead atoms. The lowest BCUT2D eigenvalue weighted by atomic mass is 10.0. The van der Waals surface area contributed by atoms with Crippen LogP contribution >= 0.6 is 23.1 Å². The largest absolute Gasteiger partial charge is 0.477 e. The number of oxime groups is 1. The van der Waals surface area contributed by atoms with Gasteiger partial charge >= 0.3 is 5.97 Å². The van der Waals surface area contributed by atoms with Gasteiger partial charge in [-0.15, -0.1) is 23.1 Å². The number of carboxylic acids is 1. The number of hydrogen-bond acceptors (Lipinski definition) is 9. The first-order valence-corrected chi connectivity index (χ1v) is 9.60. The van der Waals surface area contributed by atoms with Gasteiger partial charge in [0.15, 0.2) is 10.8 Å². The highest BCUT2D eigenvalue weighted by Gasteiger charge is 2.54. The van der Waals surface area contributed by atoms with Gasteiger partial charge in [0.1, 0.15) is 22.8 Å². The van der Waals surface area contributed by atoms with E-state index in [-0.39, 0.29) is 22.2 Å². The topological polar surface area (TPSA) is 158 Å². The number of amides is 2. The summed E-state index contributed by atoms with van der Waals surface area (Å²) in [6, 6.07) is -0.934. The predicted molar refractivity (Wildman–Crippen MR) is 99.3 cm³/mol. The summed E-state index contributed by atoms with van der Waals surface area (Å²) in [7, 11) is 0. The van der Waals surface area contributed by atoms with Crippen LogP contribution in [0.3, 0.4) is 0 Å². The summed E-state index contributed by atoms with van der Waals surface area (Å²) >= 11 is 2.41. The standard InChI is InChI=1S/C15H15N5O5S2/c1-2-3-6-4-26-13-9(12(22)20(13)10(6)14(23)24)18-11(21)8(19-25)7-5-27-15(16)17-7/h2-3,5,9,13,25H,4H2,1H3,(H2,16,17)(H,18,21)(H,23,24)/b3-2+,19-8-/t9-,13-/m1/s1. The number of β-lactam (4-membered cyclic amide) rings is 1. The number of nitrogens with two attached hydrogens (primary N) is 1. The average Bonchev–Trinajstić information content (AvgIpc) is 3.05. The van der Waals surface area contributed by atoms with Crippen molar-refractivity contribution in [1.82, 2.24) is 15.2 Å². The first kappa shape index (κ1) is 18.9. The summed E-state index contributed by atoms with van der Waals surface area (Å²) in [6.45, 7) is 1.76. The number of carbonyl (C=O) groups is 3. The first-order chi connectivity index (χ1) is 12.9. The number of anilines is 1. The molecule has 142 valence electrons. The molecule has 0 spiro atoms. The molecule has 1 fully saturated rings. The van der Waals surface area contributed by atoms with Crippen LogP contribution in [-0.2, 0) is 14.4 Å². The van der Waals surface area contributed by atoms with Crippen LogP contribution in [0, 0.1) is 0 Å². The minimum Gasteiger partial charge on any atom is -0.477 e. The Morgan fingerprint density at radius 3 is 2.81 bits per heavy atom. The van der Waals surface area contributed by atoms with Crippen LogP contribution in [0.4, 0.5) is 5.13 Å². The number of nitrogens with zero attached hydrogens (tertiary/aromatic N) is 3. The number of rotatable bonds is 5. The van der Waals surface area contributed by atoms with E-state index >= 15 is 0 Å². The molecule has 0 aromatic carbocycles. The number of carbonyl (C=O) groups excluding carboxylic acids is 2. The van der Waals surface area contributed by atoms with Crippen molar-refractivity contribution in [2.45, 2.75) is 18.3 Å². The molecule has 0 unspecified atom stereocenters. The van der Waals surface area contributed by atoms with Crippen LogP contribution in [0.25, 0.3) is 0 Å². The predicted octanol–water partition coefficient (Wildman–Crippen LogP) is 0.218. The Morgan fingerprint density at radius 1 is 1.52 bits per heavy atom. The number of carboxylic acid groups (broad SMARTS) is 1. The van der Waals surface area contributed by atoms with Gasteiger partial charge < -0.3 is 21.4 Å². The Kier molecular flexibility index (Phi) is 5.19. The van der Waals surface area contributed by atoms with Crippen molar-refractivity contribution in [3.05, 3.63) is 34.5 Å². The van der Waals surface area contributed by atoms with Crippen LogP contribution in [0.15, 0.2) is 34.0 Å². The van der Waals surface area contributed by atoms with Gasteiger partial charge in [0.2, 0.25) is 0 Å². The van der Waals surface area contributed by atoms with E-state index in [2.05, 4.69) is 15.5 Å². The number of nitrogens with one attached hydrogen (secondary N) is 1. The lowest BCUT2D eigenvalue weighted by molar-refractivity contribution is -0.150. The lowest BCUT2D eigenvalue weighted by Crippen LogP contribution is -2.71. The minimum atomic E-state index is -1.21. The van der Waals surface area contributed by atoms with E-state index in [1.165, 1.54) is 17.1 Å². The fraction of sp³-hybridized carbons (Fsp3) is 0.267. The number of aliphatic carboxylic acids is 1. The molecular weight excluding hydrogens is 394 g/mol. The lowest BCUT2D eigenvalue weighted by Gasteiger charge is -2.49. The van der Waals surface area contributed by atoms with Crippen molar-refractivity contribution in [1.29, 1.82) is 0 Å². The summed E-state index contributed by atoms with van der Waals surface area (Å²) in [5, 5.41) is 25.1. The maximum Gasteiger partial charge on any atom is 0.352 e. The highest BCUT2D eigenvalue weighted by Crippen LogP contribution is 2.40. The molecule has 0 saturated carbocycles. The molecule has 5 N–H and O–H groups in total. The Morgan fingerprint density at radius 2 is 2.26 bits per heavy atom. The third-order valence-corrected chi connectivity index (χ3v) is 5.91. The van der Waals surface area contributed by atoms with Crippen LogP contribution in [0.5, 0.6) is 0 Å². The number of allylic oxidation sites excluding steroid dienone is 2. The Balaban J connectivity index is 1.79. The van der Waals surface area contributed by atoms with Crippen molar-refractivity contribution >= 4 is 51.7 Å². The highest BCUT2D eigenvalue weighted by molar-refractivity contribution is 8.00.